The Morgan fingerprint density at radius 1 is 0.964 bits per heavy atom. The molecule has 3 rings (SSSR count). The predicted molar refractivity (Wildman–Crippen MR) is 107 cm³/mol. The van der Waals surface area contributed by atoms with Gasteiger partial charge in [0, 0.05) is 12.1 Å². The van der Waals surface area contributed by atoms with E-state index in [2.05, 4.69) is 17.4 Å². The third-order valence-corrected chi connectivity index (χ3v) is 5.11. The smallest absolute Gasteiger partial charge is 0.258 e. The first-order valence-corrected chi connectivity index (χ1v) is 9.82. The van der Waals surface area contributed by atoms with Crippen molar-refractivity contribution >= 4 is 11.8 Å². The first-order valence-electron chi connectivity index (χ1n) is 9.82. The fourth-order valence-corrected chi connectivity index (χ4v) is 3.58. The first-order chi connectivity index (χ1) is 13.6. The molecule has 6 heteroatoms. The van der Waals surface area contributed by atoms with Gasteiger partial charge < -0.3 is 20.7 Å². The Morgan fingerprint density at radius 2 is 1.64 bits per heavy atom. The summed E-state index contributed by atoms with van der Waals surface area (Å²) in [7, 11) is 0. The monoisotopic (exact) mass is 382 g/mol. The lowest BCUT2D eigenvalue weighted by molar-refractivity contribution is -0.918. The van der Waals surface area contributed by atoms with Crippen molar-refractivity contribution < 1.29 is 19.2 Å². The maximum atomic E-state index is 12.2. The molecule has 0 atom stereocenters. The molecule has 0 radical (unpaired) electrons. The number of carbonyl (C=O) groups is 2. The molecule has 1 saturated heterocycles. The van der Waals surface area contributed by atoms with Gasteiger partial charge in [0.2, 0.25) is 0 Å². The number of benzene rings is 2. The highest BCUT2D eigenvalue weighted by Crippen LogP contribution is 2.17. The van der Waals surface area contributed by atoms with Crippen LogP contribution in [0.15, 0.2) is 48.5 Å². The number of quaternary nitrogens is 1. The lowest BCUT2D eigenvalue weighted by Gasteiger charge is -2.24. The molecule has 1 heterocycles. The van der Waals surface area contributed by atoms with Crippen LogP contribution in [0.4, 0.5) is 0 Å². The van der Waals surface area contributed by atoms with Crippen molar-refractivity contribution in [3.63, 3.8) is 0 Å². The lowest BCUT2D eigenvalue weighted by atomic mass is 10.0. The van der Waals surface area contributed by atoms with Gasteiger partial charge in [-0.15, -0.1) is 0 Å². The summed E-state index contributed by atoms with van der Waals surface area (Å²) < 4.78 is 5.48. The zero-order chi connectivity index (χ0) is 19.8. The summed E-state index contributed by atoms with van der Waals surface area (Å²) in [6.07, 6.45) is 3.91. The van der Waals surface area contributed by atoms with E-state index in [9.17, 15) is 9.59 Å². The molecule has 0 bridgehead atoms. The summed E-state index contributed by atoms with van der Waals surface area (Å²) in [5.74, 6) is -0.496. The number of likely N-dealkylation sites (tertiary alicyclic amines) is 1. The molecule has 0 spiro atoms. The molecular weight excluding hydrogens is 354 g/mol. The average Bonchev–Trinajstić information content (AvgIpc) is 2.72. The predicted octanol–water partition coefficient (Wildman–Crippen LogP) is 1.05. The molecule has 2 aromatic rings. The van der Waals surface area contributed by atoms with E-state index in [4.69, 9.17) is 10.5 Å². The lowest BCUT2D eigenvalue weighted by Crippen LogP contribution is -3.11. The Labute approximate surface area is 165 Å². The second-order valence-electron chi connectivity index (χ2n) is 7.18. The fraction of sp³-hybridized carbons (Fsp3) is 0.364. The molecule has 0 saturated carbocycles. The topological polar surface area (TPSA) is 85.9 Å². The zero-order valence-corrected chi connectivity index (χ0v) is 16.1. The molecule has 0 aromatic heterocycles. The van der Waals surface area contributed by atoms with Crippen molar-refractivity contribution in [1.82, 2.24) is 5.32 Å². The number of piperidine rings is 1. The van der Waals surface area contributed by atoms with Crippen LogP contribution in [0.25, 0.3) is 0 Å². The van der Waals surface area contributed by atoms with E-state index in [1.165, 1.54) is 37.9 Å². The molecule has 4 N–H and O–H groups in total. The number of nitrogens with one attached hydrogen (secondary N) is 2. The van der Waals surface area contributed by atoms with Gasteiger partial charge in [-0.25, -0.2) is 0 Å². The van der Waals surface area contributed by atoms with Gasteiger partial charge in [0.25, 0.3) is 11.8 Å². The summed E-state index contributed by atoms with van der Waals surface area (Å²) in [5, 5.41) is 2.91. The number of ether oxygens (including phenoxy) is 1. The average molecular weight is 382 g/mol. The van der Waals surface area contributed by atoms with E-state index in [1.54, 1.807) is 29.2 Å². The molecule has 148 valence electrons. The van der Waals surface area contributed by atoms with Crippen LogP contribution in [-0.4, -0.2) is 31.5 Å². The van der Waals surface area contributed by atoms with Crippen molar-refractivity contribution in [3.8, 4) is 5.75 Å². The standard InChI is InChI=1S/C22H27N3O3/c23-22(27)19-10-4-5-11-20(19)28-16-21(26)24-14-17-8-2-3-9-18(17)15-25-12-6-1-7-13-25/h2-5,8-11H,1,6-7,12-16H2,(H2,23,27)(H,24,26)/p+1. The van der Waals surface area contributed by atoms with Crippen LogP contribution < -0.4 is 20.7 Å². The second kappa shape index (κ2) is 9.90. The highest BCUT2D eigenvalue weighted by atomic mass is 16.5. The molecule has 6 nitrogen and oxygen atoms in total. The van der Waals surface area contributed by atoms with E-state index < -0.39 is 5.91 Å². The molecule has 1 aliphatic rings. The summed E-state index contributed by atoms with van der Waals surface area (Å²) in [5.41, 5.74) is 8.00. The number of hydrogen-bond donors (Lipinski definition) is 3. The molecule has 0 unspecified atom stereocenters. The Bertz CT molecular complexity index is 816. The number of amides is 2. The van der Waals surface area contributed by atoms with Gasteiger partial charge in [0.1, 0.15) is 12.3 Å². The van der Waals surface area contributed by atoms with Crippen LogP contribution >= 0.6 is 0 Å². The minimum atomic E-state index is -0.579. The molecule has 1 fully saturated rings. The first kappa shape index (κ1) is 19.9. The summed E-state index contributed by atoms with van der Waals surface area (Å²) in [4.78, 5) is 25.2. The normalized spacial score (nSPS) is 14.4. The number of para-hydroxylation sites is 1. The van der Waals surface area contributed by atoms with Gasteiger partial charge in [-0.1, -0.05) is 36.4 Å². The van der Waals surface area contributed by atoms with E-state index >= 15 is 0 Å². The van der Waals surface area contributed by atoms with Gasteiger partial charge in [0.05, 0.1) is 18.7 Å². The van der Waals surface area contributed by atoms with Gasteiger partial charge in [-0.05, 0) is 37.0 Å². The largest absolute Gasteiger partial charge is 0.483 e. The van der Waals surface area contributed by atoms with Crippen LogP contribution in [0.2, 0.25) is 0 Å². The third kappa shape index (κ3) is 5.57. The molecule has 1 aliphatic heterocycles. The van der Waals surface area contributed by atoms with Crippen LogP contribution in [0.3, 0.4) is 0 Å². The quantitative estimate of drug-likeness (QED) is 0.638. The maximum absolute atomic E-state index is 12.2. The Kier molecular flexibility index (Phi) is 7.03. The van der Waals surface area contributed by atoms with Crippen LogP contribution in [-0.2, 0) is 17.9 Å². The van der Waals surface area contributed by atoms with Gasteiger partial charge >= 0.3 is 0 Å². The molecule has 0 aliphatic carbocycles. The molecular formula is C22H28N3O3+. The highest BCUT2D eigenvalue weighted by Gasteiger charge is 2.16. The van der Waals surface area contributed by atoms with Crippen molar-refractivity contribution in [1.29, 1.82) is 0 Å². The zero-order valence-electron chi connectivity index (χ0n) is 16.1. The molecule has 2 aromatic carbocycles. The Morgan fingerprint density at radius 3 is 2.39 bits per heavy atom. The summed E-state index contributed by atoms with van der Waals surface area (Å²) in [6.45, 7) is 3.73. The highest BCUT2D eigenvalue weighted by molar-refractivity contribution is 5.95. The van der Waals surface area contributed by atoms with E-state index in [-0.39, 0.29) is 18.1 Å². The van der Waals surface area contributed by atoms with E-state index in [0.717, 1.165) is 12.1 Å². The molecule has 2 amide bonds. The van der Waals surface area contributed by atoms with Crippen molar-refractivity contribution in [2.45, 2.75) is 32.4 Å². The van der Waals surface area contributed by atoms with Crippen molar-refractivity contribution in [2.24, 2.45) is 5.73 Å². The van der Waals surface area contributed by atoms with Crippen LogP contribution in [0.5, 0.6) is 5.75 Å². The fourth-order valence-electron chi connectivity index (χ4n) is 3.58. The van der Waals surface area contributed by atoms with Gasteiger partial charge in [0.15, 0.2) is 6.61 Å². The van der Waals surface area contributed by atoms with Crippen LogP contribution in [0, 0.1) is 0 Å². The Balaban J connectivity index is 1.53. The number of hydrogen-bond acceptors (Lipinski definition) is 3. The number of rotatable bonds is 8. The van der Waals surface area contributed by atoms with Crippen LogP contribution in [0.1, 0.15) is 40.7 Å². The third-order valence-electron chi connectivity index (χ3n) is 5.11. The van der Waals surface area contributed by atoms with Crippen molar-refractivity contribution in [2.75, 3.05) is 19.7 Å². The summed E-state index contributed by atoms with van der Waals surface area (Å²) >= 11 is 0. The minimum Gasteiger partial charge on any atom is -0.483 e. The molecule has 28 heavy (non-hydrogen) atoms. The van der Waals surface area contributed by atoms with E-state index in [1.807, 2.05) is 12.1 Å². The van der Waals surface area contributed by atoms with E-state index in [0.29, 0.717) is 12.3 Å². The second-order valence-corrected chi connectivity index (χ2v) is 7.18. The minimum absolute atomic E-state index is 0.163. The Hall–Kier alpha value is -2.86. The SMILES string of the molecule is NC(=O)c1ccccc1OCC(=O)NCc1ccccc1C[NH+]1CCCCC1. The van der Waals surface area contributed by atoms with Crippen molar-refractivity contribution in [3.05, 3.63) is 65.2 Å². The summed E-state index contributed by atoms with van der Waals surface area (Å²) in [6, 6.07) is 14.9. The number of carbonyl (C=O) groups excluding carboxylic acids is 2. The number of primary amides is 1. The number of nitrogens with two attached hydrogens (primary N) is 1. The van der Waals surface area contributed by atoms with Gasteiger partial charge in [-0.3, -0.25) is 9.59 Å². The van der Waals surface area contributed by atoms with Gasteiger partial charge in [-0.2, -0.15) is 0 Å². The maximum Gasteiger partial charge on any atom is 0.258 e.